The molecule has 0 N–H and O–H groups in total. The molecule has 0 spiro atoms. The molecule has 114 valence electrons. The molecular weight excluding hydrogens is 254 g/mol. The van der Waals surface area contributed by atoms with Gasteiger partial charge in [0.05, 0.1) is 7.11 Å². The molecule has 1 atom stereocenters. The molecule has 0 aromatic carbocycles. The summed E-state index contributed by atoms with van der Waals surface area (Å²) in [6.07, 6.45) is 9.61. The lowest BCUT2D eigenvalue weighted by molar-refractivity contribution is -0.183. The van der Waals surface area contributed by atoms with Gasteiger partial charge in [-0.05, 0) is 19.3 Å². The summed E-state index contributed by atoms with van der Waals surface area (Å²) in [4.78, 5) is 26.6. The van der Waals surface area contributed by atoms with Crippen molar-refractivity contribution in [3.63, 3.8) is 0 Å². The van der Waals surface area contributed by atoms with Gasteiger partial charge in [0.2, 0.25) is 5.91 Å². The van der Waals surface area contributed by atoms with E-state index in [9.17, 15) is 9.59 Å². The van der Waals surface area contributed by atoms with Gasteiger partial charge in [-0.1, -0.05) is 45.4 Å². The number of carbonyl (C=O) groups is 2. The summed E-state index contributed by atoms with van der Waals surface area (Å²) in [5.41, 5.74) is -0.860. The number of unbranched alkanes of at least 4 members (excludes halogenated alkanes) is 2. The third kappa shape index (κ3) is 2.70. The highest BCUT2D eigenvalue weighted by atomic mass is 16.5. The van der Waals surface area contributed by atoms with E-state index in [-0.39, 0.29) is 11.9 Å². The maximum absolute atomic E-state index is 12.6. The van der Waals surface area contributed by atoms with Gasteiger partial charge in [0.15, 0.2) is 5.41 Å². The predicted molar refractivity (Wildman–Crippen MR) is 77.2 cm³/mol. The second-order valence-corrected chi connectivity index (χ2v) is 6.26. The van der Waals surface area contributed by atoms with Gasteiger partial charge in [0, 0.05) is 12.6 Å². The number of rotatable bonds is 6. The lowest BCUT2D eigenvalue weighted by Gasteiger charge is -2.51. The van der Waals surface area contributed by atoms with E-state index in [4.69, 9.17) is 4.74 Å². The summed E-state index contributed by atoms with van der Waals surface area (Å²) in [5.74, 6) is -0.307. The van der Waals surface area contributed by atoms with Gasteiger partial charge in [0.25, 0.3) is 0 Å². The Kier molecular flexibility index (Phi) is 5.06. The van der Waals surface area contributed by atoms with E-state index in [0.717, 1.165) is 32.1 Å². The Morgan fingerprint density at radius 2 is 2.00 bits per heavy atom. The molecular formula is C16H27NO3. The third-order valence-corrected chi connectivity index (χ3v) is 4.91. The summed E-state index contributed by atoms with van der Waals surface area (Å²) in [7, 11) is 1.39. The monoisotopic (exact) mass is 281 g/mol. The number of likely N-dealkylation sites (tertiary alicyclic amines) is 1. The van der Waals surface area contributed by atoms with Crippen molar-refractivity contribution in [1.82, 2.24) is 4.90 Å². The lowest BCUT2D eigenvalue weighted by Crippen LogP contribution is -2.68. The van der Waals surface area contributed by atoms with Gasteiger partial charge in [-0.3, -0.25) is 9.59 Å². The minimum atomic E-state index is -0.860. The number of ether oxygens (including phenoxy) is 1. The van der Waals surface area contributed by atoms with Gasteiger partial charge in [-0.25, -0.2) is 0 Å². The van der Waals surface area contributed by atoms with E-state index in [1.54, 1.807) is 0 Å². The molecule has 2 fully saturated rings. The fourth-order valence-corrected chi connectivity index (χ4v) is 3.61. The highest BCUT2D eigenvalue weighted by Gasteiger charge is 2.59. The quantitative estimate of drug-likeness (QED) is 0.325. The van der Waals surface area contributed by atoms with Crippen LogP contribution in [0.3, 0.4) is 0 Å². The largest absolute Gasteiger partial charge is 0.468 e. The van der Waals surface area contributed by atoms with E-state index < -0.39 is 5.41 Å². The molecule has 1 heterocycles. The lowest BCUT2D eigenvalue weighted by atomic mass is 9.72. The van der Waals surface area contributed by atoms with Crippen LogP contribution in [-0.2, 0) is 14.3 Å². The van der Waals surface area contributed by atoms with Crippen LogP contribution in [0.4, 0.5) is 0 Å². The first-order valence-electron chi connectivity index (χ1n) is 8.05. The van der Waals surface area contributed by atoms with Gasteiger partial charge < -0.3 is 9.64 Å². The Bertz CT molecular complexity index is 363. The van der Waals surface area contributed by atoms with Crippen LogP contribution >= 0.6 is 0 Å². The second-order valence-electron chi connectivity index (χ2n) is 6.26. The molecule has 0 radical (unpaired) electrons. The zero-order chi connectivity index (χ0) is 14.6. The number of methoxy groups -OCH3 is 1. The molecule has 1 amide bonds. The van der Waals surface area contributed by atoms with Gasteiger partial charge in [0.1, 0.15) is 0 Å². The first-order chi connectivity index (χ1) is 9.65. The Morgan fingerprint density at radius 3 is 2.55 bits per heavy atom. The van der Waals surface area contributed by atoms with Crippen LogP contribution in [0.15, 0.2) is 0 Å². The normalized spacial score (nSPS) is 27.3. The third-order valence-electron chi connectivity index (χ3n) is 4.91. The van der Waals surface area contributed by atoms with Crippen molar-refractivity contribution in [3.05, 3.63) is 0 Å². The average Bonchev–Trinajstić information content (AvgIpc) is 2.50. The highest BCUT2D eigenvalue weighted by Crippen LogP contribution is 2.42. The molecule has 0 aromatic heterocycles. The smallest absolute Gasteiger partial charge is 0.323 e. The standard InChI is InChI=1S/C16H27NO3/c1-3-4-8-11-16(15(19)20-2)12-17(14(16)18)13-9-6-5-7-10-13/h13H,3-12H2,1-2H3. The Morgan fingerprint density at radius 1 is 1.30 bits per heavy atom. The molecule has 1 aliphatic heterocycles. The van der Waals surface area contributed by atoms with E-state index >= 15 is 0 Å². The molecule has 1 unspecified atom stereocenters. The summed E-state index contributed by atoms with van der Waals surface area (Å²) in [5, 5.41) is 0. The van der Waals surface area contributed by atoms with Crippen molar-refractivity contribution in [2.24, 2.45) is 5.41 Å². The molecule has 0 bridgehead atoms. The molecule has 4 nitrogen and oxygen atoms in total. The minimum absolute atomic E-state index is 0.0207. The highest BCUT2D eigenvalue weighted by molar-refractivity contribution is 6.07. The number of esters is 1. The summed E-state index contributed by atoms with van der Waals surface area (Å²) >= 11 is 0. The van der Waals surface area contributed by atoms with Crippen LogP contribution in [0, 0.1) is 5.41 Å². The Balaban J connectivity index is 2.00. The van der Waals surface area contributed by atoms with E-state index in [0.29, 0.717) is 19.0 Å². The first-order valence-corrected chi connectivity index (χ1v) is 8.05. The van der Waals surface area contributed by atoms with Crippen LogP contribution < -0.4 is 0 Å². The fraction of sp³-hybridized carbons (Fsp3) is 0.875. The average molecular weight is 281 g/mol. The number of carbonyl (C=O) groups excluding carboxylic acids is 2. The molecule has 1 aliphatic carbocycles. The number of amides is 1. The van der Waals surface area contributed by atoms with E-state index in [2.05, 4.69) is 6.92 Å². The molecule has 2 aliphatic rings. The Hall–Kier alpha value is -1.06. The molecule has 1 saturated carbocycles. The van der Waals surface area contributed by atoms with Crippen molar-refractivity contribution in [3.8, 4) is 0 Å². The van der Waals surface area contributed by atoms with E-state index in [1.165, 1.54) is 26.4 Å². The van der Waals surface area contributed by atoms with Crippen molar-refractivity contribution in [2.75, 3.05) is 13.7 Å². The van der Waals surface area contributed by atoms with Crippen molar-refractivity contribution < 1.29 is 14.3 Å². The molecule has 4 heteroatoms. The molecule has 20 heavy (non-hydrogen) atoms. The van der Waals surface area contributed by atoms with Gasteiger partial charge >= 0.3 is 5.97 Å². The molecule has 1 saturated heterocycles. The molecule has 2 rings (SSSR count). The molecule has 0 aromatic rings. The summed E-state index contributed by atoms with van der Waals surface area (Å²) < 4.78 is 4.91. The zero-order valence-electron chi connectivity index (χ0n) is 12.8. The maximum Gasteiger partial charge on any atom is 0.323 e. The maximum atomic E-state index is 12.6. The Labute approximate surface area is 121 Å². The van der Waals surface area contributed by atoms with Crippen molar-refractivity contribution in [1.29, 1.82) is 0 Å². The fourth-order valence-electron chi connectivity index (χ4n) is 3.61. The zero-order valence-corrected chi connectivity index (χ0v) is 12.8. The van der Waals surface area contributed by atoms with Crippen LogP contribution in [0.1, 0.15) is 64.7 Å². The first kappa shape index (κ1) is 15.3. The number of β-lactam (4-membered cyclic amide) rings is 1. The summed E-state index contributed by atoms with van der Waals surface area (Å²) in [6, 6.07) is 0.361. The topological polar surface area (TPSA) is 46.6 Å². The van der Waals surface area contributed by atoms with Crippen LogP contribution in [0.25, 0.3) is 0 Å². The van der Waals surface area contributed by atoms with Crippen molar-refractivity contribution in [2.45, 2.75) is 70.8 Å². The summed E-state index contributed by atoms with van der Waals surface area (Å²) in [6.45, 7) is 2.70. The predicted octanol–water partition coefficient (Wildman–Crippen LogP) is 2.90. The number of nitrogens with zero attached hydrogens (tertiary/aromatic N) is 1. The van der Waals surface area contributed by atoms with Crippen LogP contribution in [-0.4, -0.2) is 36.5 Å². The second kappa shape index (κ2) is 6.59. The van der Waals surface area contributed by atoms with Crippen LogP contribution in [0.2, 0.25) is 0 Å². The number of hydrogen-bond acceptors (Lipinski definition) is 3. The van der Waals surface area contributed by atoms with Gasteiger partial charge in [-0.15, -0.1) is 0 Å². The minimum Gasteiger partial charge on any atom is -0.468 e. The van der Waals surface area contributed by atoms with Crippen LogP contribution in [0.5, 0.6) is 0 Å². The van der Waals surface area contributed by atoms with Crippen molar-refractivity contribution >= 4 is 11.9 Å². The van der Waals surface area contributed by atoms with E-state index in [1.807, 2.05) is 4.90 Å². The number of hydrogen-bond donors (Lipinski definition) is 0. The SMILES string of the molecule is CCCCCC1(C(=O)OC)CN(C2CCCCC2)C1=O. The van der Waals surface area contributed by atoms with Gasteiger partial charge in [-0.2, -0.15) is 0 Å².